The molecule has 0 aromatic heterocycles. The van der Waals surface area contributed by atoms with E-state index in [-0.39, 0.29) is 11.4 Å². The number of nitrogens with two attached hydrogens (primary N) is 1. The fourth-order valence-electron chi connectivity index (χ4n) is 2.57. The molecule has 1 aromatic rings. The van der Waals surface area contributed by atoms with Crippen molar-refractivity contribution in [3.05, 3.63) is 22.7 Å². The molecule has 0 atom stereocenters. The van der Waals surface area contributed by atoms with E-state index >= 15 is 0 Å². The fraction of sp³-hybridized carbons (Fsp3) is 0.571. The first-order valence-corrected chi connectivity index (χ1v) is 9.26. The summed E-state index contributed by atoms with van der Waals surface area (Å²) in [7, 11) is -2.03. The van der Waals surface area contributed by atoms with Crippen molar-refractivity contribution >= 4 is 26.0 Å². The van der Waals surface area contributed by atoms with Crippen molar-refractivity contribution in [2.24, 2.45) is 5.73 Å². The molecule has 0 bridgehead atoms. The number of rotatable bonds is 5. The highest BCUT2D eigenvalue weighted by Crippen LogP contribution is 2.28. The summed E-state index contributed by atoms with van der Waals surface area (Å²) in [6.07, 6.45) is 5.03. The first-order chi connectivity index (χ1) is 9.86. The van der Waals surface area contributed by atoms with Crippen LogP contribution in [0.4, 0.5) is 0 Å². The van der Waals surface area contributed by atoms with Crippen LogP contribution in [0.3, 0.4) is 0 Å². The van der Waals surface area contributed by atoms with Gasteiger partial charge in [0, 0.05) is 12.1 Å². The van der Waals surface area contributed by atoms with E-state index in [4.69, 9.17) is 10.5 Å². The van der Waals surface area contributed by atoms with Gasteiger partial charge >= 0.3 is 0 Å². The van der Waals surface area contributed by atoms with Gasteiger partial charge in [0.1, 0.15) is 5.75 Å². The Morgan fingerprint density at radius 3 is 2.57 bits per heavy atom. The van der Waals surface area contributed by atoms with Gasteiger partial charge in [-0.15, -0.1) is 0 Å². The maximum atomic E-state index is 12.3. The Labute approximate surface area is 134 Å². The molecule has 0 heterocycles. The van der Waals surface area contributed by atoms with Crippen LogP contribution in [0.5, 0.6) is 5.75 Å². The van der Waals surface area contributed by atoms with Crippen molar-refractivity contribution in [3.8, 4) is 5.75 Å². The van der Waals surface area contributed by atoms with Crippen molar-refractivity contribution in [2.45, 2.75) is 42.5 Å². The smallest absolute Gasteiger partial charge is 0.240 e. The van der Waals surface area contributed by atoms with Crippen LogP contribution in [0, 0.1) is 0 Å². The van der Waals surface area contributed by atoms with Crippen molar-refractivity contribution in [1.82, 2.24) is 4.72 Å². The van der Waals surface area contributed by atoms with Crippen LogP contribution in [0.15, 0.2) is 27.6 Å². The summed E-state index contributed by atoms with van der Waals surface area (Å²) in [5.74, 6) is 0.594. The molecule has 7 heteroatoms. The second-order valence-corrected chi connectivity index (χ2v) is 8.17. The monoisotopic (exact) mass is 376 g/mol. The van der Waals surface area contributed by atoms with Crippen LogP contribution in [-0.2, 0) is 10.0 Å². The Morgan fingerprint density at radius 1 is 1.33 bits per heavy atom. The minimum atomic E-state index is -3.56. The SMILES string of the molecule is COc1ccc(S(=O)(=O)NCC2(N)CCCCC2)cc1Br. The van der Waals surface area contributed by atoms with E-state index in [0.29, 0.717) is 10.2 Å². The van der Waals surface area contributed by atoms with Crippen molar-refractivity contribution in [1.29, 1.82) is 0 Å². The molecule has 0 spiro atoms. The third-order valence-electron chi connectivity index (χ3n) is 3.90. The molecular weight excluding hydrogens is 356 g/mol. The van der Waals surface area contributed by atoms with Gasteiger partial charge in [0.05, 0.1) is 16.5 Å². The molecule has 5 nitrogen and oxygen atoms in total. The van der Waals surface area contributed by atoms with Gasteiger partial charge in [-0.2, -0.15) is 0 Å². The van der Waals surface area contributed by atoms with Crippen LogP contribution in [0.2, 0.25) is 0 Å². The van der Waals surface area contributed by atoms with E-state index < -0.39 is 15.6 Å². The lowest BCUT2D eigenvalue weighted by molar-refractivity contribution is 0.296. The molecule has 0 unspecified atom stereocenters. The lowest BCUT2D eigenvalue weighted by Crippen LogP contribution is -2.51. The normalized spacial score (nSPS) is 18.4. The van der Waals surface area contributed by atoms with E-state index in [1.807, 2.05) is 0 Å². The van der Waals surface area contributed by atoms with Crippen LogP contribution >= 0.6 is 15.9 Å². The quantitative estimate of drug-likeness (QED) is 0.826. The van der Waals surface area contributed by atoms with Gasteiger partial charge in [-0.1, -0.05) is 19.3 Å². The highest BCUT2D eigenvalue weighted by atomic mass is 79.9. The van der Waals surface area contributed by atoms with E-state index in [0.717, 1.165) is 25.7 Å². The van der Waals surface area contributed by atoms with E-state index in [9.17, 15) is 8.42 Å². The predicted octanol–water partition coefficient (Wildman–Crippen LogP) is 2.40. The largest absolute Gasteiger partial charge is 0.496 e. The van der Waals surface area contributed by atoms with Gasteiger partial charge in [0.2, 0.25) is 10.0 Å². The van der Waals surface area contributed by atoms with Gasteiger partial charge in [0.25, 0.3) is 0 Å². The van der Waals surface area contributed by atoms with Gasteiger partial charge < -0.3 is 10.5 Å². The second kappa shape index (κ2) is 6.64. The minimum Gasteiger partial charge on any atom is -0.496 e. The van der Waals surface area contributed by atoms with Crippen molar-refractivity contribution in [3.63, 3.8) is 0 Å². The van der Waals surface area contributed by atoms with Gasteiger partial charge in [-0.3, -0.25) is 0 Å². The third-order valence-corrected chi connectivity index (χ3v) is 5.92. The average Bonchev–Trinajstić information content (AvgIpc) is 2.46. The number of nitrogens with one attached hydrogen (secondary N) is 1. The topological polar surface area (TPSA) is 81.4 Å². The average molecular weight is 377 g/mol. The highest BCUT2D eigenvalue weighted by Gasteiger charge is 2.29. The summed E-state index contributed by atoms with van der Waals surface area (Å²) in [4.78, 5) is 0.203. The molecular formula is C14H21BrN2O3S. The molecule has 21 heavy (non-hydrogen) atoms. The second-order valence-electron chi connectivity index (χ2n) is 5.54. The zero-order chi connectivity index (χ0) is 15.5. The molecule has 0 amide bonds. The Hall–Kier alpha value is -0.630. The summed E-state index contributed by atoms with van der Waals surface area (Å²) in [5.41, 5.74) is 5.84. The maximum absolute atomic E-state index is 12.3. The van der Waals surface area contributed by atoms with Crippen LogP contribution in [0.25, 0.3) is 0 Å². The number of sulfonamides is 1. The number of hydrogen-bond donors (Lipinski definition) is 2. The van der Waals surface area contributed by atoms with Crippen molar-refractivity contribution < 1.29 is 13.2 Å². The lowest BCUT2D eigenvalue weighted by atomic mass is 9.83. The summed E-state index contributed by atoms with van der Waals surface area (Å²) in [5, 5.41) is 0. The summed E-state index contributed by atoms with van der Waals surface area (Å²) in [6.45, 7) is 0.277. The molecule has 1 aromatic carbocycles. The van der Waals surface area contributed by atoms with Crippen LogP contribution < -0.4 is 15.2 Å². The molecule has 0 radical (unpaired) electrons. The maximum Gasteiger partial charge on any atom is 0.240 e. The summed E-state index contributed by atoms with van der Waals surface area (Å²) < 4.78 is 33.0. The summed E-state index contributed by atoms with van der Waals surface area (Å²) >= 11 is 3.30. The number of benzene rings is 1. The van der Waals surface area contributed by atoms with Crippen LogP contribution in [0.1, 0.15) is 32.1 Å². The van der Waals surface area contributed by atoms with Gasteiger partial charge in [-0.25, -0.2) is 13.1 Å². The predicted molar refractivity (Wildman–Crippen MR) is 85.9 cm³/mol. The molecule has 0 saturated heterocycles. The zero-order valence-corrected chi connectivity index (χ0v) is 14.5. The van der Waals surface area contributed by atoms with Crippen molar-refractivity contribution in [2.75, 3.05) is 13.7 Å². The van der Waals surface area contributed by atoms with E-state index in [2.05, 4.69) is 20.7 Å². The molecule has 2 rings (SSSR count). The number of ether oxygens (including phenoxy) is 1. The Kier molecular flexibility index (Phi) is 5.29. The molecule has 1 aliphatic carbocycles. The van der Waals surface area contributed by atoms with E-state index in [1.54, 1.807) is 6.07 Å². The standard InChI is InChI=1S/C14H21BrN2O3S/c1-20-13-6-5-11(9-12(13)15)21(18,19)17-10-14(16)7-3-2-4-8-14/h5-6,9,17H,2-4,7-8,10,16H2,1H3. The molecule has 3 N–H and O–H groups in total. The molecule has 1 saturated carbocycles. The number of hydrogen-bond acceptors (Lipinski definition) is 4. The lowest BCUT2D eigenvalue weighted by Gasteiger charge is -2.33. The molecule has 1 aliphatic rings. The first kappa shape index (κ1) is 16.7. The third kappa shape index (κ3) is 4.18. The number of halogens is 1. The Morgan fingerprint density at radius 2 is 2.00 bits per heavy atom. The number of methoxy groups -OCH3 is 1. The zero-order valence-electron chi connectivity index (χ0n) is 12.1. The highest BCUT2D eigenvalue weighted by molar-refractivity contribution is 9.10. The minimum absolute atomic E-state index is 0.203. The van der Waals surface area contributed by atoms with E-state index in [1.165, 1.54) is 25.7 Å². The molecule has 118 valence electrons. The first-order valence-electron chi connectivity index (χ1n) is 6.98. The van der Waals surface area contributed by atoms with Gasteiger partial charge in [-0.05, 0) is 47.0 Å². The molecule has 1 fully saturated rings. The fourth-order valence-corrected chi connectivity index (χ4v) is 4.43. The Bertz CT molecular complexity index is 598. The summed E-state index contributed by atoms with van der Waals surface area (Å²) in [6, 6.07) is 4.68. The van der Waals surface area contributed by atoms with Gasteiger partial charge in [0.15, 0.2) is 0 Å². The molecule has 0 aliphatic heterocycles. The Balaban J connectivity index is 2.09. The van der Waals surface area contributed by atoms with Crippen LogP contribution in [-0.4, -0.2) is 27.6 Å².